The number of nitrogens with zero attached hydrogens (tertiary/aromatic N) is 1. The quantitative estimate of drug-likeness (QED) is 0.507. The van der Waals surface area contributed by atoms with E-state index in [1.165, 1.54) is 24.2 Å². The van der Waals surface area contributed by atoms with Gasteiger partial charge >= 0.3 is 5.97 Å². The average molecular weight is 338 g/mol. The highest BCUT2D eigenvalue weighted by atomic mass is 32.2. The summed E-state index contributed by atoms with van der Waals surface area (Å²) in [7, 11) is 0. The van der Waals surface area contributed by atoms with Crippen molar-refractivity contribution in [2.75, 3.05) is 5.75 Å². The van der Waals surface area contributed by atoms with Gasteiger partial charge in [0.15, 0.2) is 5.16 Å². The summed E-state index contributed by atoms with van der Waals surface area (Å²) in [5, 5.41) is 0.462. The van der Waals surface area contributed by atoms with Gasteiger partial charge < -0.3 is 9.72 Å². The largest absolute Gasteiger partial charge is 0.461 e. The maximum atomic E-state index is 12.2. The minimum Gasteiger partial charge on any atom is -0.461 e. The molecule has 1 aromatic rings. The Labute approximate surface area is 141 Å². The first-order valence-electron chi connectivity index (χ1n) is 8.25. The van der Waals surface area contributed by atoms with Gasteiger partial charge in [-0.3, -0.25) is 9.59 Å². The zero-order valence-electron chi connectivity index (χ0n) is 14.3. The number of aryl methyl sites for hydroxylation is 1. The van der Waals surface area contributed by atoms with Crippen molar-refractivity contribution in [2.24, 2.45) is 17.8 Å². The van der Waals surface area contributed by atoms with E-state index < -0.39 is 0 Å². The fourth-order valence-corrected chi connectivity index (χ4v) is 3.90. The molecule has 1 aliphatic carbocycles. The third-order valence-electron chi connectivity index (χ3n) is 4.42. The van der Waals surface area contributed by atoms with Crippen molar-refractivity contribution in [1.82, 2.24) is 9.97 Å². The van der Waals surface area contributed by atoms with Crippen LogP contribution in [0.4, 0.5) is 0 Å². The number of aromatic amines is 1. The minimum absolute atomic E-state index is 0.0105. The molecule has 5 nitrogen and oxygen atoms in total. The second-order valence-corrected chi connectivity index (χ2v) is 7.80. The van der Waals surface area contributed by atoms with Crippen LogP contribution in [0.3, 0.4) is 0 Å². The maximum Gasteiger partial charge on any atom is 0.316 e. The van der Waals surface area contributed by atoms with Gasteiger partial charge in [-0.15, -0.1) is 0 Å². The van der Waals surface area contributed by atoms with Crippen molar-refractivity contribution in [3.8, 4) is 0 Å². The van der Waals surface area contributed by atoms with Crippen LogP contribution in [0.1, 0.15) is 45.7 Å². The van der Waals surface area contributed by atoms with Gasteiger partial charge in [0.2, 0.25) is 0 Å². The van der Waals surface area contributed by atoms with Gasteiger partial charge in [0.05, 0.1) is 5.75 Å². The van der Waals surface area contributed by atoms with E-state index in [9.17, 15) is 9.59 Å². The predicted molar refractivity (Wildman–Crippen MR) is 91.5 cm³/mol. The molecule has 2 rings (SSSR count). The summed E-state index contributed by atoms with van der Waals surface area (Å²) in [5.74, 6) is 1.50. The predicted octanol–water partition coefficient (Wildman–Crippen LogP) is 3.17. The molecule has 0 saturated heterocycles. The van der Waals surface area contributed by atoms with Crippen molar-refractivity contribution < 1.29 is 9.53 Å². The van der Waals surface area contributed by atoms with E-state index in [4.69, 9.17) is 4.74 Å². The van der Waals surface area contributed by atoms with Crippen molar-refractivity contribution in [1.29, 1.82) is 0 Å². The normalized spacial score (nSPS) is 24.7. The van der Waals surface area contributed by atoms with Gasteiger partial charge in [0, 0.05) is 11.8 Å². The molecule has 0 unspecified atom stereocenters. The topological polar surface area (TPSA) is 72.0 Å². The summed E-state index contributed by atoms with van der Waals surface area (Å²) in [5.41, 5.74) is 0.444. The maximum absolute atomic E-state index is 12.2. The number of rotatable bonds is 5. The fourth-order valence-electron chi connectivity index (χ4n) is 3.20. The zero-order chi connectivity index (χ0) is 17.0. The monoisotopic (exact) mass is 338 g/mol. The molecule has 128 valence electrons. The first kappa shape index (κ1) is 18.0. The molecule has 1 fully saturated rings. The number of carbonyl (C=O) groups is 1. The molecule has 23 heavy (non-hydrogen) atoms. The molecule has 6 heteroatoms. The van der Waals surface area contributed by atoms with Crippen LogP contribution < -0.4 is 5.56 Å². The molecule has 1 heterocycles. The van der Waals surface area contributed by atoms with Crippen molar-refractivity contribution >= 4 is 17.7 Å². The van der Waals surface area contributed by atoms with Gasteiger partial charge in [-0.1, -0.05) is 39.0 Å². The first-order valence-corrected chi connectivity index (χ1v) is 9.24. The Hall–Kier alpha value is -1.30. The number of ether oxygens (including phenoxy) is 1. The van der Waals surface area contributed by atoms with Crippen LogP contribution in [0.2, 0.25) is 0 Å². The highest BCUT2D eigenvalue weighted by Gasteiger charge is 2.33. The van der Waals surface area contributed by atoms with Crippen LogP contribution in [0.5, 0.6) is 0 Å². The highest BCUT2D eigenvalue weighted by Crippen LogP contribution is 2.35. The Morgan fingerprint density at radius 2 is 2.22 bits per heavy atom. The summed E-state index contributed by atoms with van der Waals surface area (Å²) in [6.07, 6.45) is 3.28. The lowest BCUT2D eigenvalue weighted by Gasteiger charge is -2.36. The number of thioether (sulfide) groups is 1. The summed E-state index contributed by atoms with van der Waals surface area (Å²) in [6, 6.07) is 1.43. The number of hydrogen-bond acceptors (Lipinski definition) is 5. The number of carbonyl (C=O) groups excluding carboxylic acids is 1. The first-order chi connectivity index (χ1) is 10.8. The molecule has 0 spiro atoms. The smallest absolute Gasteiger partial charge is 0.316 e. The van der Waals surface area contributed by atoms with Gasteiger partial charge in [-0.05, 0) is 37.5 Å². The molecule has 0 bridgehead atoms. The van der Waals surface area contributed by atoms with E-state index >= 15 is 0 Å². The summed E-state index contributed by atoms with van der Waals surface area (Å²) >= 11 is 1.21. The number of hydrogen-bond donors (Lipinski definition) is 1. The van der Waals surface area contributed by atoms with Crippen molar-refractivity contribution in [3.63, 3.8) is 0 Å². The van der Waals surface area contributed by atoms with Crippen LogP contribution in [0.25, 0.3) is 0 Å². The number of H-pyrrole nitrogens is 1. The number of esters is 1. The van der Waals surface area contributed by atoms with Gasteiger partial charge in [-0.2, -0.15) is 0 Å². The molecule has 0 aliphatic heterocycles. The van der Waals surface area contributed by atoms with Gasteiger partial charge in [0.1, 0.15) is 6.10 Å². The Morgan fingerprint density at radius 1 is 1.48 bits per heavy atom. The Kier molecular flexibility index (Phi) is 6.27. The molecule has 3 atom stereocenters. The Balaban J connectivity index is 1.91. The van der Waals surface area contributed by atoms with E-state index in [1.54, 1.807) is 6.92 Å². The second kappa shape index (κ2) is 7.99. The molecule has 0 amide bonds. The third kappa shape index (κ3) is 5.37. The molecular formula is C17H26N2O3S. The van der Waals surface area contributed by atoms with E-state index in [1.807, 2.05) is 0 Å². The second-order valence-electron chi connectivity index (χ2n) is 6.84. The van der Waals surface area contributed by atoms with Gasteiger partial charge in [-0.25, -0.2) is 4.98 Å². The van der Waals surface area contributed by atoms with Crippen molar-refractivity contribution in [2.45, 2.75) is 58.2 Å². The molecular weight excluding hydrogens is 312 g/mol. The third-order valence-corrected chi connectivity index (χ3v) is 5.27. The molecule has 1 aromatic heterocycles. The van der Waals surface area contributed by atoms with Crippen molar-refractivity contribution in [3.05, 3.63) is 22.1 Å². The summed E-state index contributed by atoms with van der Waals surface area (Å²) < 4.78 is 5.74. The van der Waals surface area contributed by atoms with E-state index in [2.05, 4.69) is 30.7 Å². The van der Waals surface area contributed by atoms with Crippen LogP contribution in [-0.2, 0) is 9.53 Å². The molecule has 1 N–H and O–H groups in total. The van der Waals surface area contributed by atoms with Crippen LogP contribution in [0, 0.1) is 24.7 Å². The van der Waals surface area contributed by atoms with E-state index in [0.29, 0.717) is 28.6 Å². The minimum atomic E-state index is -0.232. The van der Waals surface area contributed by atoms with Crippen LogP contribution >= 0.6 is 11.8 Å². The number of nitrogens with one attached hydrogen (secondary N) is 1. The molecule has 1 saturated carbocycles. The van der Waals surface area contributed by atoms with E-state index in [-0.39, 0.29) is 23.4 Å². The number of aromatic nitrogens is 2. The van der Waals surface area contributed by atoms with Gasteiger partial charge in [0.25, 0.3) is 5.56 Å². The fraction of sp³-hybridized carbons (Fsp3) is 0.706. The summed E-state index contributed by atoms with van der Waals surface area (Å²) in [6.45, 7) is 8.36. The average Bonchev–Trinajstić information content (AvgIpc) is 2.44. The lowest BCUT2D eigenvalue weighted by Crippen LogP contribution is -2.36. The highest BCUT2D eigenvalue weighted by molar-refractivity contribution is 7.99. The molecule has 0 aromatic carbocycles. The van der Waals surface area contributed by atoms with Crippen LogP contribution in [-0.4, -0.2) is 27.8 Å². The SMILES string of the molecule is Cc1cc(=O)[nH]c(SCC(=O)O[C@@H]2C[C@H](C)CC[C@@H]2C(C)C)n1. The lowest BCUT2D eigenvalue weighted by molar-refractivity contribution is -0.152. The van der Waals surface area contributed by atoms with E-state index in [0.717, 1.165) is 12.8 Å². The molecule has 1 aliphatic rings. The summed E-state index contributed by atoms with van der Waals surface area (Å²) in [4.78, 5) is 30.4. The Morgan fingerprint density at radius 3 is 2.87 bits per heavy atom. The molecule has 0 radical (unpaired) electrons. The lowest BCUT2D eigenvalue weighted by atomic mass is 9.75. The Bertz CT molecular complexity index is 600. The standard InChI is InChI=1S/C17H26N2O3S/c1-10(2)13-6-5-11(3)7-14(13)22-16(21)9-23-17-18-12(4)8-15(20)19-17/h8,10-11,13-14H,5-7,9H2,1-4H3,(H,18,19,20)/t11-,13-,14-/m1/s1. The van der Waals surface area contributed by atoms with Crippen LogP contribution in [0.15, 0.2) is 16.0 Å². The zero-order valence-corrected chi connectivity index (χ0v) is 15.1.